The van der Waals surface area contributed by atoms with Crippen LogP contribution in [-0.2, 0) is 14.4 Å². The molecular weight excluding hydrogens is 294 g/mol. The second-order valence-electron chi connectivity index (χ2n) is 6.11. The van der Waals surface area contributed by atoms with Crippen molar-refractivity contribution in [3.8, 4) is 0 Å². The van der Waals surface area contributed by atoms with Crippen LogP contribution < -0.4 is 15.5 Å². The van der Waals surface area contributed by atoms with Gasteiger partial charge in [-0.2, -0.15) is 0 Å². The Labute approximate surface area is 136 Å². The zero-order valence-electron chi connectivity index (χ0n) is 13.8. The SMILES string of the molecule is CC(=O)N[C@@H](C(=O)Nc1ccc(N2CCCC2=O)cc1)C(C)C. The van der Waals surface area contributed by atoms with E-state index in [2.05, 4.69) is 10.6 Å². The molecule has 1 atom stereocenters. The molecule has 1 aromatic rings. The average molecular weight is 317 g/mol. The third kappa shape index (κ3) is 4.31. The minimum atomic E-state index is -0.577. The zero-order chi connectivity index (χ0) is 17.0. The monoisotopic (exact) mass is 317 g/mol. The number of hydrogen-bond acceptors (Lipinski definition) is 3. The van der Waals surface area contributed by atoms with Gasteiger partial charge < -0.3 is 15.5 Å². The second-order valence-corrected chi connectivity index (χ2v) is 6.11. The first-order valence-electron chi connectivity index (χ1n) is 7.87. The van der Waals surface area contributed by atoms with Crippen molar-refractivity contribution in [2.24, 2.45) is 5.92 Å². The van der Waals surface area contributed by atoms with E-state index in [0.717, 1.165) is 18.7 Å². The van der Waals surface area contributed by atoms with E-state index in [1.165, 1.54) is 6.92 Å². The van der Waals surface area contributed by atoms with Crippen LogP contribution in [0.15, 0.2) is 24.3 Å². The van der Waals surface area contributed by atoms with Crippen LogP contribution in [0.25, 0.3) is 0 Å². The Morgan fingerprint density at radius 2 is 1.83 bits per heavy atom. The summed E-state index contributed by atoms with van der Waals surface area (Å²) in [5.41, 5.74) is 1.48. The first-order chi connectivity index (χ1) is 10.9. The van der Waals surface area contributed by atoms with E-state index in [1.54, 1.807) is 17.0 Å². The van der Waals surface area contributed by atoms with Crippen LogP contribution in [0.1, 0.15) is 33.6 Å². The summed E-state index contributed by atoms with van der Waals surface area (Å²) in [6.45, 7) is 5.89. The maximum Gasteiger partial charge on any atom is 0.247 e. The summed E-state index contributed by atoms with van der Waals surface area (Å²) in [5, 5.41) is 5.46. The van der Waals surface area contributed by atoms with Crippen LogP contribution in [0.4, 0.5) is 11.4 Å². The van der Waals surface area contributed by atoms with Gasteiger partial charge in [-0.3, -0.25) is 14.4 Å². The van der Waals surface area contributed by atoms with Gasteiger partial charge in [0.2, 0.25) is 17.7 Å². The lowest BCUT2D eigenvalue weighted by Gasteiger charge is -2.21. The van der Waals surface area contributed by atoms with Crippen molar-refractivity contribution in [3.63, 3.8) is 0 Å². The number of rotatable bonds is 5. The van der Waals surface area contributed by atoms with Crippen LogP contribution in [-0.4, -0.2) is 30.3 Å². The number of carbonyl (C=O) groups excluding carboxylic acids is 3. The molecule has 6 heteroatoms. The van der Waals surface area contributed by atoms with E-state index in [4.69, 9.17) is 0 Å². The lowest BCUT2D eigenvalue weighted by Crippen LogP contribution is -2.46. The summed E-state index contributed by atoms with van der Waals surface area (Å²) in [5.74, 6) is -0.366. The van der Waals surface area contributed by atoms with Gasteiger partial charge in [-0.15, -0.1) is 0 Å². The van der Waals surface area contributed by atoms with Crippen molar-refractivity contribution >= 4 is 29.1 Å². The molecular formula is C17H23N3O3. The third-order valence-corrected chi connectivity index (χ3v) is 3.83. The Hall–Kier alpha value is -2.37. The van der Waals surface area contributed by atoms with Crippen LogP contribution in [0.2, 0.25) is 0 Å². The number of hydrogen-bond donors (Lipinski definition) is 2. The molecule has 0 radical (unpaired) electrons. The highest BCUT2D eigenvalue weighted by Crippen LogP contribution is 2.23. The molecule has 0 bridgehead atoms. The van der Waals surface area contributed by atoms with Crippen molar-refractivity contribution < 1.29 is 14.4 Å². The molecule has 0 saturated carbocycles. The van der Waals surface area contributed by atoms with Crippen molar-refractivity contribution in [1.82, 2.24) is 5.32 Å². The van der Waals surface area contributed by atoms with Crippen LogP contribution in [0.3, 0.4) is 0 Å². The molecule has 3 amide bonds. The minimum Gasteiger partial charge on any atom is -0.344 e. The predicted octanol–water partition coefficient (Wildman–Crippen LogP) is 1.91. The van der Waals surface area contributed by atoms with Crippen molar-refractivity contribution in [2.75, 3.05) is 16.8 Å². The van der Waals surface area contributed by atoms with E-state index in [1.807, 2.05) is 26.0 Å². The molecule has 124 valence electrons. The van der Waals surface area contributed by atoms with Gasteiger partial charge in [0, 0.05) is 31.3 Å². The maximum absolute atomic E-state index is 12.3. The molecule has 23 heavy (non-hydrogen) atoms. The van der Waals surface area contributed by atoms with E-state index >= 15 is 0 Å². The predicted molar refractivity (Wildman–Crippen MR) is 89.1 cm³/mol. The van der Waals surface area contributed by atoms with Crippen LogP contribution in [0, 0.1) is 5.92 Å². The molecule has 0 unspecified atom stereocenters. The van der Waals surface area contributed by atoms with Crippen LogP contribution >= 0.6 is 0 Å². The lowest BCUT2D eigenvalue weighted by molar-refractivity contribution is -0.126. The summed E-state index contributed by atoms with van der Waals surface area (Å²) in [6, 6.07) is 6.60. The van der Waals surface area contributed by atoms with Crippen molar-refractivity contribution in [2.45, 2.75) is 39.7 Å². The number of nitrogens with zero attached hydrogens (tertiary/aromatic N) is 1. The highest BCUT2D eigenvalue weighted by atomic mass is 16.2. The van der Waals surface area contributed by atoms with Gasteiger partial charge in [-0.1, -0.05) is 13.8 Å². The third-order valence-electron chi connectivity index (χ3n) is 3.83. The molecule has 6 nitrogen and oxygen atoms in total. The largest absolute Gasteiger partial charge is 0.344 e. The highest BCUT2D eigenvalue weighted by molar-refractivity contribution is 5.98. The van der Waals surface area contributed by atoms with Gasteiger partial charge in [-0.05, 0) is 36.6 Å². The van der Waals surface area contributed by atoms with Gasteiger partial charge in [0.25, 0.3) is 0 Å². The van der Waals surface area contributed by atoms with Crippen LogP contribution in [0.5, 0.6) is 0 Å². The maximum atomic E-state index is 12.3. The zero-order valence-corrected chi connectivity index (χ0v) is 13.8. The molecule has 0 spiro atoms. The summed E-state index contributed by atoms with van der Waals surface area (Å²) in [4.78, 5) is 37.0. The molecule has 2 N–H and O–H groups in total. The first-order valence-corrected chi connectivity index (χ1v) is 7.87. The molecule has 2 rings (SSSR count). The molecule has 1 heterocycles. The fraction of sp³-hybridized carbons (Fsp3) is 0.471. The topological polar surface area (TPSA) is 78.5 Å². The van der Waals surface area contributed by atoms with E-state index in [-0.39, 0.29) is 23.6 Å². The van der Waals surface area contributed by atoms with E-state index < -0.39 is 6.04 Å². The summed E-state index contributed by atoms with van der Waals surface area (Å²) >= 11 is 0. The van der Waals surface area contributed by atoms with Crippen molar-refractivity contribution in [1.29, 1.82) is 0 Å². The number of carbonyl (C=O) groups is 3. The average Bonchev–Trinajstić information content (AvgIpc) is 2.91. The Balaban J connectivity index is 2.03. The Morgan fingerprint density at radius 1 is 1.17 bits per heavy atom. The highest BCUT2D eigenvalue weighted by Gasteiger charge is 2.24. The van der Waals surface area contributed by atoms with E-state index in [9.17, 15) is 14.4 Å². The smallest absolute Gasteiger partial charge is 0.247 e. The van der Waals surface area contributed by atoms with E-state index in [0.29, 0.717) is 12.1 Å². The summed E-state index contributed by atoms with van der Waals surface area (Å²) in [6.07, 6.45) is 1.47. The summed E-state index contributed by atoms with van der Waals surface area (Å²) < 4.78 is 0. The molecule has 0 aromatic heterocycles. The fourth-order valence-electron chi connectivity index (χ4n) is 2.62. The number of amides is 3. The molecule has 1 aliphatic heterocycles. The summed E-state index contributed by atoms with van der Waals surface area (Å²) in [7, 11) is 0. The minimum absolute atomic E-state index is 0.0135. The molecule has 1 aliphatic rings. The lowest BCUT2D eigenvalue weighted by atomic mass is 10.0. The second kappa shape index (κ2) is 7.26. The number of anilines is 2. The molecule has 0 aliphatic carbocycles. The van der Waals surface area contributed by atoms with Gasteiger partial charge in [0.05, 0.1) is 0 Å². The molecule has 1 saturated heterocycles. The molecule has 1 aromatic carbocycles. The normalized spacial score (nSPS) is 15.7. The first kappa shape index (κ1) is 17.0. The Kier molecular flexibility index (Phi) is 5.36. The standard InChI is InChI=1S/C17H23N3O3/c1-11(2)16(18-12(3)21)17(23)19-13-6-8-14(9-7-13)20-10-4-5-15(20)22/h6-9,11,16H,4-5,10H2,1-3H3,(H,18,21)(H,19,23)/t16-/m1/s1. The number of nitrogens with one attached hydrogen (secondary N) is 2. The fourth-order valence-corrected chi connectivity index (χ4v) is 2.62. The van der Waals surface area contributed by atoms with Crippen molar-refractivity contribution in [3.05, 3.63) is 24.3 Å². The quantitative estimate of drug-likeness (QED) is 0.871. The number of benzene rings is 1. The Bertz CT molecular complexity index is 596. The van der Waals surface area contributed by atoms with Gasteiger partial charge in [0.1, 0.15) is 6.04 Å². The van der Waals surface area contributed by atoms with Gasteiger partial charge in [0.15, 0.2) is 0 Å². The molecule has 1 fully saturated rings. The van der Waals surface area contributed by atoms with Gasteiger partial charge in [-0.25, -0.2) is 0 Å². The Morgan fingerprint density at radius 3 is 2.30 bits per heavy atom. The van der Waals surface area contributed by atoms with Gasteiger partial charge >= 0.3 is 0 Å².